The second-order valence-electron chi connectivity index (χ2n) is 5.02. The number of hydrogen-bond acceptors (Lipinski definition) is 2. The molecule has 0 radical (unpaired) electrons. The molecular weight excluding hydrogens is 286 g/mol. The van der Waals surface area contributed by atoms with Crippen molar-refractivity contribution in [3.05, 3.63) is 65.1 Å². The fourth-order valence-electron chi connectivity index (χ4n) is 2.84. The molecule has 4 nitrogen and oxygen atoms in total. The van der Waals surface area contributed by atoms with Crippen molar-refractivity contribution in [2.24, 2.45) is 0 Å². The minimum Gasteiger partial charge on any atom is -0.306 e. The van der Waals surface area contributed by atoms with Crippen LogP contribution in [0.1, 0.15) is 16.1 Å². The van der Waals surface area contributed by atoms with E-state index in [-0.39, 0.29) is 11.1 Å². The lowest BCUT2D eigenvalue weighted by molar-refractivity contribution is 0.0984. The van der Waals surface area contributed by atoms with E-state index in [1.807, 2.05) is 42.6 Å². The highest BCUT2D eigenvalue weighted by atomic mass is 35.5. The van der Waals surface area contributed by atoms with Gasteiger partial charge in [0.15, 0.2) is 10.8 Å². The summed E-state index contributed by atoms with van der Waals surface area (Å²) in [6, 6.07) is 13.5. The summed E-state index contributed by atoms with van der Waals surface area (Å²) in [6.45, 7) is 0.675. The lowest BCUT2D eigenvalue weighted by Crippen LogP contribution is -2.30. The highest BCUT2D eigenvalue weighted by molar-refractivity contribution is 6.33. The second-order valence-corrected chi connectivity index (χ2v) is 5.37. The van der Waals surface area contributed by atoms with E-state index in [1.54, 1.807) is 9.30 Å². The maximum Gasteiger partial charge on any atom is 0.278 e. The minimum absolute atomic E-state index is 0.108. The summed E-state index contributed by atoms with van der Waals surface area (Å²) in [5.41, 5.74) is 3.25. The predicted molar refractivity (Wildman–Crippen MR) is 82.0 cm³/mol. The molecule has 1 aromatic carbocycles. The smallest absolute Gasteiger partial charge is 0.278 e. The Morgan fingerprint density at radius 3 is 2.86 bits per heavy atom. The molecule has 1 amide bonds. The van der Waals surface area contributed by atoms with Crippen LogP contribution < -0.4 is 4.90 Å². The quantitative estimate of drug-likeness (QED) is 0.692. The number of para-hydroxylation sites is 1. The zero-order valence-electron chi connectivity index (χ0n) is 11.2. The summed E-state index contributed by atoms with van der Waals surface area (Å²) in [7, 11) is 0. The molecule has 5 heteroatoms. The summed E-state index contributed by atoms with van der Waals surface area (Å²) in [5.74, 6) is -0.108. The van der Waals surface area contributed by atoms with Gasteiger partial charge in [0.25, 0.3) is 5.91 Å². The fraction of sp³-hybridized carbons (Fsp3) is 0.125. The molecule has 1 aliphatic rings. The molecule has 2 aromatic heterocycles. The number of pyridine rings is 1. The third kappa shape index (κ3) is 1.83. The molecule has 0 saturated carbocycles. The number of imidazole rings is 1. The molecule has 0 aliphatic carbocycles. The summed E-state index contributed by atoms with van der Waals surface area (Å²) in [4.78, 5) is 18.9. The lowest BCUT2D eigenvalue weighted by atomic mass is 10.2. The Hall–Kier alpha value is -2.33. The van der Waals surface area contributed by atoms with E-state index in [1.165, 1.54) is 5.56 Å². The number of carbonyl (C=O) groups is 1. The molecule has 1 aliphatic heterocycles. The fourth-order valence-corrected chi connectivity index (χ4v) is 3.09. The molecule has 4 rings (SSSR count). The van der Waals surface area contributed by atoms with Crippen LogP contribution in [0, 0.1) is 0 Å². The molecule has 21 heavy (non-hydrogen) atoms. The Bertz CT molecular complexity index is 856. The molecule has 0 N–H and O–H groups in total. The van der Waals surface area contributed by atoms with Crippen LogP contribution in [-0.4, -0.2) is 21.8 Å². The van der Waals surface area contributed by atoms with Crippen molar-refractivity contribution >= 4 is 28.8 Å². The first-order chi connectivity index (χ1) is 10.3. The summed E-state index contributed by atoms with van der Waals surface area (Å²) < 4.78 is 1.74. The number of carbonyl (C=O) groups excluding carboxylic acids is 1. The standard InChI is InChI=1S/C16H12ClN3O/c17-15-14(20-9-4-3-7-13(20)18-15)16(21)19-10-8-11-5-1-2-6-12(11)19/h1-7,9H,8,10H2. The van der Waals surface area contributed by atoms with Crippen molar-refractivity contribution < 1.29 is 4.79 Å². The van der Waals surface area contributed by atoms with Crippen molar-refractivity contribution in [1.82, 2.24) is 9.38 Å². The van der Waals surface area contributed by atoms with E-state index in [0.717, 1.165) is 12.1 Å². The maximum absolute atomic E-state index is 12.9. The SMILES string of the molecule is O=C(c1c(Cl)nc2ccccn12)N1CCc2ccccc21. The van der Waals surface area contributed by atoms with Gasteiger partial charge < -0.3 is 4.90 Å². The van der Waals surface area contributed by atoms with Gasteiger partial charge in [-0.1, -0.05) is 35.9 Å². The van der Waals surface area contributed by atoms with E-state index in [9.17, 15) is 4.79 Å². The summed E-state index contributed by atoms with van der Waals surface area (Å²) in [5, 5.41) is 0.246. The van der Waals surface area contributed by atoms with Gasteiger partial charge in [0.05, 0.1) is 0 Å². The Morgan fingerprint density at radius 1 is 1.14 bits per heavy atom. The number of rotatable bonds is 1. The largest absolute Gasteiger partial charge is 0.306 e. The van der Waals surface area contributed by atoms with Crippen molar-refractivity contribution in [3.8, 4) is 0 Å². The van der Waals surface area contributed by atoms with Gasteiger partial charge in [0.1, 0.15) is 5.65 Å². The molecule has 0 unspecified atom stereocenters. The van der Waals surface area contributed by atoms with Gasteiger partial charge in [-0.25, -0.2) is 4.98 Å². The molecule has 3 aromatic rings. The molecule has 104 valence electrons. The first kappa shape index (κ1) is 12.4. The van der Waals surface area contributed by atoms with Gasteiger partial charge in [-0.05, 0) is 30.2 Å². The van der Waals surface area contributed by atoms with Crippen LogP contribution in [0.4, 0.5) is 5.69 Å². The number of nitrogens with zero attached hydrogens (tertiary/aromatic N) is 3. The number of benzene rings is 1. The number of fused-ring (bicyclic) bond motifs is 2. The van der Waals surface area contributed by atoms with Gasteiger partial charge >= 0.3 is 0 Å². The molecular formula is C16H12ClN3O. The van der Waals surface area contributed by atoms with E-state index in [4.69, 9.17) is 11.6 Å². The van der Waals surface area contributed by atoms with Crippen molar-refractivity contribution in [2.45, 2.75) is 6.42 Å². The molecule has 0 atom stereocenters. The van der Waals surface area contributed by atoms with Crippen LogP contribution in [0.3, 0.4) is 0 Å². The number of hydrogen-bond donors (Lipinski definition) is 0. The Labute approximate surface area is 126 Å². The van der Waals surface area contributed by atoms with Gasteiger partial charge in [-0.2, -0.15) is 0 Å². The number of aromatic nitrogens is 2. The second kappa shape index (κ2) is 4.60. The van der Waals surface area contributed by atoms with Gasteiger partial charge in [-0.15, -0.1) is 0 Å². The van der Waals surface area contributed by atoms with Crippen molar-refractivity contribution in [1.29, 1.82) is 0 Å². The molecule has 0 fully saturated rings. The number of anilines is 1. The Morgan fingerprint density at radius 2 is 1.95 bits per heavy atom. The molecule has 0 saturated heterocycles. The first-order valence-corrected chi connectivity index (χ1v) is 7.16. The van der Waals surface area contributed by atoms with E-state index >= 15 is 0 Å². The molecule has 0 spiro atoms. The highest BCUT2D eigenvalue weighted by Gasteiger charge is 2.29. The van der Waals surface area contributed by atoms with Crippen LogP contribution >= 0.6 is 11.6 Å². The van der Waals surface area contributed by atoms with Crippen LogP contribution in [-0.2, 0) is 6.42 Å². The minimum atomic E-state index is -0.108. The van der Waals surface area contributed by atoms with Crippen LogP contribution in [0.2, 0.25) is 5.15 Å². The monoisotopic (exact) mass is 297 g/mol. The predicted octanol–water partition coefficient (Wildman–Crippen LogP) is 3.19. The average molecular weight is 298 g/mol. The van der Waals surface area contributed by atoms with Gasteiger partial charge in [0, 0.05) is 18.4 Å². The van der Waals surface area contributed by atoms with Crippen molar-refractivity contribution in [2.75, 3.05) is 11.4 Å². The van der Waals surface area contributed by atoms with Crippen LogP contribution in [0.15, 0.2) is 48.7 Å². The maximum atomic E-state index is 12.9. The van der Waals surface area contributed by atoms with Gasteiger partial charge in [-0.3, -0.25) is 9.20 Å². The first-order valence-electron chi connectivity index (χ1n) is 6.78. The van der Waals surface area contributed by atoms with Gasteiger partial charge in [0.2, 0.25) is 0 Å². The number of amides is 1. The zero-order chi connectivity index (χ0) is 14.4. The summed E-state index contributed by atoms with van der Waals surface area (Å²) >= 11 is 6.19. The highest BCUT2D eigenvalue weighted by Crippen LogP contribution is 2.30. The third-order valence-corrected chi connectivity index (χ3v) is 4.09. The van der Waals surface area contributed by atoms with Crippen LogP contribution in [0.25, 0.3) is 5.65 Å². The third-order valence-electron chi connectivity index (χ3n) is 3.82. The molecule has 0 bridgehead atoms. The van der Waals surface area contributed by atoms with Crippen LogP contribution in [0.5, 0.6) is 0 Å². The topological polar surface area (TPSA) is 37.6 Å². The molecule has 3 heterocycles. The van der Waals surface area contributed by atoms with E-state index < -0.39 is 0 Å². The normalized spacial score (nSPS) is 13.7. The van der Waals surface area contributed by atoms with Crippen molar-refractivity contribution in [3.63, 3.8) is 0 Å². The average Bonchev–Trinajstić information content (AvgIpc) is 3.06. The lowest BCUT2D eigenvalue weighted by Gasteiger charge is -2.17. The Kier molecular flexibility index (Phi) is 2.72. The summed E-state index contributed by atoms with van der Waals surface area (Å²) in [6.07, 6.45) is 2.68. The zero-order valence-corrected chi connectivity index (χ0v) is 11.9. The van der Waals surface area contributed by atoms with E-state index in [0.29, 0.717) is 17.9 Å². The van der Waals surface area contributed by atoms with E-state index in [2.05, 4.69) is 11.1 Å². The number of halogens is 1. The Balaban J connectivity index is 1.83.